The highest BCUT2D eigenvalue weighted by Gasteiger charge is 2.46. The van der Waals surface area contributed by atoms with E-state index in [0.717, 1.165) is 18.4 Å². The van der Waals surface area contributed by atoms with Gasteiger partial charge in [0.1, 0.15) is 0 Å². The first kappa shape index (κ1) is 9.96. The van der Waals surface area contributed by atoms with Gasteiger partial charge < -0.3 is 10.1 Å². The molecule has 0 aliphatic heterocycles. The molecule has 15 heavy (non-hydrogen) atoms. The minimum atomic E-state index is -0.341. The van der Waals surface area contributed by atoms with E-state index < -0.39 is 0 Å². The van der Waals surface area contributed by atoms with Crippen LogP contribution in [0.3, 0.4) is 0 Å². The van der Waals surface area contributed by atoms with E-state index >= 15 is 0 Å². The van der Waals surface area contributed by atoms with E-state index in [9.17, 15) is 4.79 Å². The molecule has 0 spiro atoms. The van der Waals surface area contributed by atoms with Crippen molar-refractivity contribution in [1.82, 2.24) is 10.3 Å². The number of pyridine rings is 1. The molecule has 1 aliphatic carbocycles. The summed E-state index contributed by atoms with van der Waals surface area (Å²) in [4.78, 5) is 15.3. The lowest BCUT2D eigenvalue weighted by molar-refractivity contribution is 0.146. The Morgan fingerprint density at radius 2 is 2.20 bits per heavy atom. The lowest BCUT2D eigenvalue weighted by atomic mass is 10.1. The Hall–Kier alpha value is -1.58. The molecule has 0 saturated heterocycles. The van der Waals surface area contributed by atoms with E-state index in [1.807, 2.05) is 12.1 Å². The van der Waals surface area contributed by atoms with Crippen LogP contribution in [0.15, 0.2) is 24.5 Å². The summed E-state index contributed by atoms with van der Waals surface area (Å²) in [6.45, 7) is 2.20. The Bertz CT molecular complexity index is 347. The predicted molar refractivity (Wildman–Crippen MR) is 55.3 cm³/mol. The van der Waals surface area contributed by atoms with E-state index in [1.165, 1.54) is 0 Å². The Morgan fingerprint density at radius 3 is 2.73 bits per heavy atom. The maximum absolute atomic E-state index is 11.3. The molecule has 4 nitrogen and oxygen atoms in total. The molecular weight excluding hydrogens is 192 g/mol. The van der Waals surface area contributed by atoms with Crippen molar-refractivity contribution in [3.63, 3.8) is 0 Å². The second-order valence-corrected chi connectivity index (χ2v) is 3.66. The molecule has 0 bridgehead atoms. The van der Waals surface area contributed by atoms with E-state index in [2.05, 4.69) is 10.3 Å². The number of rotatable bonds is 3. The zero-order valence-electron chi connectivity index (χ0n) is 8.69. The van der Waals surface area contributed by atoms with Crippen LogP contribution in [0.25, 0.3) is 0 Å². The molecule has 0 atom stereocenters. The average Bonchev–Trinajstić information content (AvgIpc) is 3.01. The topological polar surface area (TPSA) is 51.2 Å². The van der Waals surface area contributed by atoms with Gasteiger partial charge in [-0.3, -0.25) is 4.98 Å². The zero-order valence-corrected chi connectivity index (χ0v) is 8.69. The number of hydrogen-bond acceptors (Lipinski definition) is 3. The fourth-order valence-electron chi connectivity index (χ4n) is 1.64. The van der Waals surface area contributed by atoms with Gasteiger partial charge in [-0.05, 0) is 37.5 Å². The number of alkyl carbamates (subject to hydrolysis) is 1. The SMILES string of the molecule is CCOC(=O)NC1(c2ccncc2)CC1. The first-order valence-corrected chi connectivity index (χ1v) is 5.12. The number of nitrogens with one attached hydrogen (secondary N) is 1. The number of amides is 1. The van der Waals surface area contributed by atoms with Gasteiger partial charge in [0.25, 0.3) is 0 Å². The molecule has 0 aromatic carbocycles. The number of ether oxygens (including phenoxy) is 1. The van der Waals surface area contributed by atoms with Crippen LogP contribution < -0.4 is 5.32 Å². The summed E-state index contributed by atoms with van der Waals surface area (Å²) < 4.78 is 4.87. The molecule has 1 N–H and O–H groups in total. The number of carbonyl (C=O) groups is 1. The standard InChI is InChI=1S/C11H14N2O2/c1-2-15-10(14)13-11(5-6-11)9-3-7-12-8-4-9/h3-4,7-8H,2,5-6H2,1H3,(H,13,14). The van der Waals surface area contributed by atoms with Crippen molar-refractivity contribution in [2.24, 2.45) is 0 Å². The highest BCUT2D eigenvalue weighted by molar-refractivity contribution is 5.69. The van der Waals surface area contributed by atoms with Crippen molar-refractivity contribution in [3.05, 3.63) is 30.1 Å². The van der Waals surface area contributed by atoms with Crippen molar-refractivity contribution in [1.29, 1.82) is 0 Å². The second kappa shape index (κ2) is 3.88. The van der Waals surface area contributed by atoms with Gasteiger partial charge in [0, 0.05) is 12.4 Å². The number of nitrogens with zero attached hydrogens (tertiary/aromatic N) is 1. The monoisotopic (exact) mass is 206 g/mol. The van der Waals surface area contributed by atoms with Crippen LogP contribution in [-0.4, -0.2) is 17.7 Å². The van der Waals surface area contributed by atoms with Crippen molar-refractivity contribution >= 4 is 6.09 Å². The molecule has 0 unspecified atom stereocenters. The number of aromatic nitrogens is 1. The summed E-state index contributed by atoms with van der Waals surface area (Å²) in [5, 5.41) is 2.90. The highest BCUT2D eigenvalue weighted by atomic mass is 16.5. The fraction of sp³-hybridized carbons (Fsp3) is 0.455. The minimum Gasteiger partial charge on any atom is -0.450 e. The van der Waals surface area contributed by atoms with Gasteiger partial charge in [0.2, 0.25) is 0 Å². The lowest BCUT2D eigenvalue weighted by Gasteiger charge is -2.16. The Kier molecular flexibility index (Phi) is 2.58. The number of carbonyl (C=O) groups excluding carboxylic acids is 1. The van der Waals surface area contributed by atoms with Crippen molar-refractivity contribution in [3.8, 4) is 0 Å². The summed E-state index contributed by atoms with van der Waals surface area (Å²) in [5.74, 6) is 0. The largest absolute Gasteiger partial charge is 0.450 e. The first-order valence-electron chi connectivity index (χ1n) is 5.12. The van der Waals surface area contributed by atoms with Crippen molar-refractivity contribution < 1.29 is 9.53 Å². The van der Waals surface area contributed by atoms with E-state index in [1.54, 1.807) is 19.3 Å². The molecule has 1 aromatic rings. The molecular formula is C11H14N2O2. The third-order valence-electron chi connectivity index (χ3n) is 2.60. The summed E-state index contributed by atoms with van der Waals surface area (Å²) in [5.41, 5.74) is 0.903. The van der Waals surface area contributed by atoms with Crippen LogP contribution in [0.5, 0.6) is 0 Å². The Morgan fingerprint density at radius 1 is 1.53 bits per heavy atom. The van der Waals surface area contributed by atoms with Crippen molar-refractivity contribution in [2.75, 3.05) is 6.61 Å². The predicted octanol–water partition coefficient (Wildman–Crippen LogP) is 1.82. The maximum atomic E-state index is 11.3. The third-order valence-corrected chi connectivity index (χ3v) is 2.60. The van der Waals surface area contributed by atoms with Crippen LogP contribution in [0.2, 0.25) is 0 Å². The maximum Gasteiger partial charge on any atom is 0.407 e. The molecule has 2 rings (SSSR count). The quantitative estimate of drug-likeness (QED) is 0.820. The molecule has 80 valence electrons. The molecule has 0 radical (unpaired) electrons. The summed E-state index contributed by atoms with van der Waals surface area (Å²) in [6, 6.07) is 3.86. The number of hydrogen-bond donors (Lipinski definition) is 1. The molecule has 1 amide bonds. The smallest absolute Gasteiger partial charge is 0.407 e. The molecule has 1 fully saturated rings. The van der Waals surface area contributed by atoms with E-state index in [0.29, 0.717) is 6.61 Å². The molecule has 1 heterocycles. The van der Waals surface area contributed by atoms with Crippen LogP contribution in [0.1, 0.15) is 25.3 Å². The van der Waals surface area contributed by atoms with Crippen LogP contribution >= 0.6 is 0 Å². The second-order valence-electron chi connectivity index (χ2n) is 3.66. The molecule has 1 saturated carbocycles. The Labute approximate surface area is 88.7 Å². The van der Waals surface area contributed by atoms with Crippen LogP contribution in [0.4, 0.5) is 4.79 Å². The Balaban J connectivity index is 2.05. The molecule has 1 aliphatic rings. The van der Waals surface area contributed by atoms with Gasteiger partial charge in [-0.15, -0.1) is 0 Å². The third kappa shape index (κ3) is 2.09. The van der Waals surface area contributed by atoms with Gasteiger partial charge in [-0.25, -0.2) is 4.79 Å². The highest BCUT2D eigenvalue weighted by Crippen LogP contribution is 2.45. The normalized spacial score (nSPS) is 16.9. The molecule has 1 aromatic heterocycles. The van der Waals surface area contributed by atoms with Crippen molar-refractivity contribution in [2.45, 2.75) is 25.3 Å². The van der Waals surface area contributed by atoms with Gasteiger partial charge in [0.15, 0.2) is 0 Å². The van der Waals surface area contributed by atoms with Crippen LogP contribution in [0, 0.1) is 0 Å². The van der Waals surface area contributed by atoms with Gasteiger partial charge in [0.05, 0.1) is 12.1 Å². The lowest BCUT2D eigenvalue weighted by Crippen LogP contribution is -2.35. The summed E-state index contributed by atoms with van der Waals surface area (Å²) in [7, 11) is 0. The van der Waals surface area contributed by atoms with Gasteiger partial charge >= 0.3 is 6.09 Å². The zero-order chi connectivity index (χ0) is 10.7. The van der Waals surface area contributed by atoms with E-state index in [-0.39, 0.29) is 11.6 Å². The van der Waals surface area contributed by atoms with E-state index in [4.69, 9.17) is 4.74 Å². The first-order chi connectivity index (χ1) is 7.27. The van der Waals surface area contributed by atoms with Gasteiger partial charge in [-0.2, -0.15) is 0 Å². The fourth-order valence-corrected chi connectivity index (χ4v) is 1.64. The average molecular weight is 206 g/mol. The minimum absolute atomic E-state index is 0.199. The molecule has 4 heteroatoms. The van der Waals surface area contributed by atoms with Crippen LogP contribution in [-0.2, 0) is 10.3 Å². The van der Waals surface area contributed by atoms with Gasteiger partial charge in [-0.1, -0.05) is 0 Å². The summed E-state index contributed by atoms with van der Waals surface area (Å²) in [6.07, 6.45) is 5.07. The summed E-state index contributed by atoms with van der Waals surface area (Å²) >= 11 is 0.